The van der Waals surface area contributed by atoms with E-state index in [0.29, 0.717) is 22.5 Å². The lowest BCUT2D eigenvalue weighted by atomic mass is 9.45. The van der Waals surface area contributed by atoms with Crippen molar-refractivity contribution in [2.75, 3.05) is 0 Å². The number of hydrogen-bond acceptors (Lipinski definition) is 1. The molecule has 0 radical (unpaired) electrons. The topological polar surface area (TPSA) is 17.1 Å². The summed E-state index contributed by atoms with van der Waals surface area (Å²) >= 11 is 0. The van der Waals surface area contributed by atoms with Crippen molar-refractivity contribution in [2.45, 2.75) is 85.0 Å². The summed E-state index contributed by atoms with van der Waals surface area (Å²) in [4.78, 5) is 12.2. The second-order valence-corrected chi connectivity index (χ2v) is 9.69. The second kappa shape index (κ2) is 5.08. The zero-order valence-electron chi connectivity index (χ0n) is 14.9. The molecule has 1 nitrogen and oxygen atoms in total. The molecule has 0 bridgehead atoms. The Morgan fingerprint density at radius 2 is 1.59 bits per heavy atom. The minimum atomic E-state index is 0.338. The molecule has 0 aromatic carbocycles. The molecule has 7 atom stereocenters. The van der Waals surface area contributed by atoms with Crippen molar-refractivity contribution in [3.05, 3.63) is 0 Å². The molecule has 124 valence electrons. The fourth-order valence-corrected chi connectivity index (χ4v) is 7.96. The summed E-state index contributed by atoms with van der Waals surface area (Å²) in [5.74, 6) is 4.60. The maximum Gasteiger partial charge on any atom is 0.133 e. The van der Waals surface area contributed by atoms with E-state index in [0.717, 1.165) is 23.7 Å². The van der Waals surface area contributed by atoms with Crippen molar-refractivity contribution in [1.82, 2.24) is 0 Å². The monoisotopic (exact) mass is 302 g/mol. The summed E-state index contributed by atoms with van der Waals surface area (Å²) in [6.45, 7) is 6.97. The zero-order chi connectivity index (χ0) is 15.5. The van der Waals surface area contributed by atoms with Gasteiger partial charge in [-0.25, -0.2) is 0 Å². The second-order valence-electron chi connectivity index (χ2n) is 9.69. The van der Waals surface area contributed by atoms with Gasteiger partial charge in [0.25, 0.3) is 0 Å². The van der Waals surface area contributed by atoms with Crippen LogP contribution in [0.25, 0.3) is 0 Å². The zero-order valence-corrected chi connectivity index (χ0v) is 14.9. The number of ketones is 1. The van der Waals surface area contributed by atoms with Crippen LogP contribution in [0.3, 0.4) is 0 Å². The van der Waals surface area contributed by atoms with Crippen molar-refractivity contribution in [3.8, 4) is 0 Å². The molecule has 22 heavy (non-hydrogen) atoms. The molecule has 0 aromatic rings. The Morgan fingerprint density at radius 1 is 0.818 bits per heavy atom. The van der Waals surface area contributed by atoms with Crippen molar-refractivity contribution < 1.29 is 4.79 Å². The van der Waals surface area contributed by atoms with Gasteiger partial charge in [-0.2, -0.15) is 0 Å². The van der Waals surface area contributed by atoms with Gasteiger partial charge in [-0.15, -0.1) is 0 Å². The molecule has 0 spiro atoms. The first-order valence-electron chi connectivity index (χ1n) is 9.97. The van der Waals surface area contributed by atoms with Crippen LogP contribution >= 0.6 is 0 Å². The van der Waals surface area contributed by atoms with Crippen molar-refractivity contribution in [2.24, 2.45) is 40.4 Å². The van der Waals surface area contributed by atoms with Crippen LogP contribution in [-0.2, 0) is 4.79 Å². The van der Waals surface area contributed by atoms with Crippen LogP contribution in [-0.4, -0.2) is 5.78 Å². The number of Topliss-reactive ketones (excluding diaryl/α,β-unsaturated/α-hetero) is 1. The molecular formula is C21H34O. The van der Waals surface area contributed by atoms with Gasteiger partial charge in [0.2, 0.25) is 0 Å². The van der Waals surface area contributed by atoms with Gasteiger partial charge in [0.1, 0.15) is 5.78 Å². The van der Waals surface area contributed by atoms with E-state index in [9.17, 15) is 4.79 Å². The molecule has 0 saturated heterocycles. The highest BCUT2D eigenvalue weighted by Gasteiger charge is 2.60. The van der Waals surface area contributed by atoms with Crippen molar-refractivity contribution in [3.63, 3.8) is 0 Å². The van der Waals surface area contributed by atoms with Crippen LogP contribution in [0.15, 0.2) is 0 Å². The van der Waals surface area contributed by atoms with Crippen molar-refractivity contribution >= 4 is 5.78 Å². The lowest BCUT2D eigenvalue weighted by molar-refractivity contribution is -0.133. The van der Waals surface area contributed by atoms with Gasteiger partial charge in [-0.05, 0) is 92.8 Å². The van der Waals surface area contributed by atoms with Crippen LogP contribution < -0.4 is 0 Å². The first-order valence-corrected chi connectivity index (χ1v) is 9.97. The third-order valence-corrected chi connectivity index (χ3v) is 9.07. The largest absolute Gasteiger partial charge is 0.300 e. The van der Waals surface area contributed by atoms with Gasteiger partial charge in [-0.3, -0.25) is 4.79 Å². The molecule has 0 N–H and O–H groups in total. The molecule has 0 amide bonds. The first-order chi connectivity index (χ1) is 10.5. The Hall–Kier alpha value is -0.330. The van der Waals surface area contributed by atoms with Crippen LogP contribution in [0, 0.1) is 40.4 Å². The van der Waals surface area contributed by atoms with Crippen molar-refractivity contribution in [1.29, 1.82) is 0 Å². The van der Waals surface area contributed by atoms with E-state index in [1.54, 1.807) is 0 Å². The SMILES string of the molecule is CC(=O)[C@@H]1CC[C@@H]2[C@@H]3CC[C@H]4CCCC[C@]4(C)[C@@H]3CC[C@]21C. The predicted molar refractivity (Wildman–Crippen MR) is 90.5 cm³/mol. The maximum atomic E-state index is 12.2. The number of carbonyl (C=O) groups is 1. The summed E-state index contributed by atoms with van der Waals surface area (Å²) in [7, 11) is 0. The lowest BCUT2D eigenvalue weighted by Gasteiger charge is -2.60. The molecule has 4 aliphatic rings. The summed E-state index contributed by atoms with van der Waals surface area (Å²) in [5.41, 5.74) is 0.974. The Kier molecular flexibility index (Phi) is 3.51. The van der Waals surface area contributed by atoms with E-state index >= 15 is 0 Å². The maximum absolute atomic E-state index is 12.2. The summed E-state index contributed by atoms with van der Waals surface area (Å²) in [6, 6.07) is 0. The highest BCUT2D eigenvalue weighted by molar-refractivity contribution is 5.79. The average molecular weight is 303 g/mol. The Morgan fingerprint density at radius 3 is 2.36 bits per heavy atom. The Bertz CT molecular complexity index is 469. The number of hydrogen-bond donors (Lipinski definition) is 0. The molecule has 0 heterocycles. The summed E-state index contributed by atoms with van der Waals surface area (Å²) in [6.07, 6.45) is 14.1. The molecule has 0 unspecified atom stereocenters. The van der Waals surface area contributed by atoms with E-state index in [2.05, 4.69) is 13.8 Å². The Balaban J connectivity index is 1.63. The normalized spacial score (nSPS) is 54.2. The minimum absolute atomic E-state index is 0.338. The van der Waals surface area contributed by atoms with E-state index in [1.165, 1.54) is 64.2 Å². The molecular weight excluding hydrogens is 268 g/mol. The Labute approximate surface area is 136 Å². The average Bonchev–Trinajstić information content (AvgIpc) is 2.84. The summed E-state index contributed by atoms with van der Waals surface area (Å²) < 4.78 is 0. The minimum Gasteiger partial charge on any atom is -0.300 e. The number of carbonyl (C=O) groups excluding carboxylic acids is 1. The van der Waals surface area contributed by atoms with Crippen LogP contribution in [0.1, 0.15) is 85.0 Å². The molecule has 4 saturated carbocycles. The van der Waals surface area contributed by atoms with Crippen LogP contribution in [0.2, 0.25) is 0 Å². The molecule has 4 fully saturated rings. The van der Waals surface area contributed by atoms with Crippen LogP contribution in [0.4, 0.5) is 0 Å². The van der Waals surface area contributed by atoms with E-state index in [4.69, 9.17) is 0 Å². The fourth-order valence-electron chi connectivity index (χ4n) is 7.96. The lowest BCUT2D eigenvalue weighted by Crippen LogP contribution is -2.53. The molecule has 1 heteroatoms. The van der Waals surface area contributed by atoms with Gasteiger partial charge in [0, 0.05) is 5.92 Å². The molecule has 4 aliphatic carbocycles. The third kappa shape index (κ3) is 1.93. The first kappa shape index (κ1) is 15.2. The molecule has 0 aromatic heterocycles. The molecule has 0 aliphatic heterocycles. The highest BCUT2D eigenvalue weighted by Crippen LogP contribution is 2.67. The summed E-state index contributed by atoms with van der Waals surface area (Å²) in [5, 5.41) is 0. The predicted octanol–water partition coefficient (Wildman–Crippen LogP) is 5.62. The quantitative estimate of drug-likeness (QED) is 0.614. The van der Waals surface area contributed by atoms with Crippen LogP contribution in [0.5, 0.6) is 0 Å². The fraction of sp³-hybridized carbons (Fsp3) is 0.952. The van der Waals surface area contributed by atoms with E-state index < -0.39 is 0 Å². The smallest absolute Gasteiger partial charge is 0.133 e. The number of rotatable bonds is 1. The highest BCUT2D eigenvalue weighted by atomic mass is 16.1. The van der Waals surface area contributed by atoms with E-state index in [-0.39, 0.29) is 0 Å². The van der Waals surface area contributed by atoms with Gasteiger partial charge in [0.05, 0.1) is 0 Å². The number of fused-ring (bicyclic) bond motifs is 5. The standard InChI is InChI=1S/C21H34O/c1-14(22)17-9-10-18-16-8-7-15-6-4-5-12-20(15,2)19(16)11-13-21(17,18)3/h15-19H,4-13H2,1-3H3/t15-,16+,17+,18-,19-,20+,21+/m1/s1. The third-order valence-electron chi connectivity index (χ3n) is 9.07. The van der Waals surface area contributed by atoms with Gasteiger partial charge in [-0.1, -0.05) is 26.7 Å². The van der Waals surface area contributed by atoms with E-state index in [1.807, 2.05) is 6.92 Å². The molecule has 4 rings (SSSR count). The van der Waals surface area contributed by atoms with Gasteiger partial charge in [0.15, 0.2) is 0 Å². The van der Waals surface area contributed by atoms with Gasteiger partial charge < -0.3 is 0 Å². The van der Waals surface area contributed by atoms with Gasteiger partial charge >= 0.3 is 0 Å².